The number of para-hydroxylation sites is 2. The molecule has 2 aromatic carbocycles. The largest absolute Gasteiger partial charge is 0.320 e. The molecule has 1 N–H and O–H groups in total. The van der Waals surface area contributed by atoms with Crippen molar-refractivity contribution in [1.82, 2.24) is 29.8 Å². The van der Waals surface area contributed by atoms with Gasteiger partial charge in [-0.05, 0) is 44.5 Å². The third-order valence-corrected chi connectivity index (χ3v) is 5.54. The van der Waals surface area contributed by atoms with Gasteiger partial charge in [0.05, 0.1) is 46.6 Å². The summed E-state index contributed by atoms with van der Waals surface area (Å²) >= 11 is 0. The Morgan fingerprint density at radius 1 is 1.06 bits per heavy atom. The number of carbonyl (C=O) groups is 1. The molecule has 3 aromatic heterocycles. The van der Waals surface area contributed by atoms with Crippen LogP contribution in [-0.4, -0.2) is 35.7 Å². The van der Waals surface area contributed by atoms with Crippen molar-refractivity contribution < 1.29 is 4.79 Å². The van der Waals surface area contributed by atoms with Crippen molar-refractivity contribution in [1.29, 1.82) is 0 Å². The zero-order valence-corrected chi connectivity index (χ0v) is 18.6. The zero-order chi connectivity index (χ0) is 22.9. The van der Waals surface area contributed by atoms with E-state index >= 15 is 0 Å². The van der Waals surface area contributed by atoms with E-state index in [0.29, 0.717) is 22.3 Å². The van der Waals surface area contributed by atoms with Gasteiger partial charge in [-0.3, -0.25) is 4.79 Å². The van der Waals surface area contributed by atoms with Crippen molar-refractivity contribution in [3.63, 3.8) is 0 Å². The molecule has 5 rings (SSSR count). The van der Waals surface area contributed by atoms with Gasteiger partial charge in [0, 0.05) is 11.6 Å². The lowest BCUT2D eigenvalue weighted by molar-refractivity contribution is 0.102. The zero-order valence-electron chi connectivity index (χ0n) is 18.6. The van der Waals surface area contributed by atoms with E-state index < -0.39 is 0 Å². The van der Waals surface area contributed by atoms with Gasteiger partial charge in [0.15, 0.2) is 5.65 Å². The first-order chi connectivity index (χ1) is 16.0. The summed E-state index contributed by atoms with van der Waals surface area (Å²) in [5.41, 5.74) is 5.35. The van der Waals surface area contributed by atoms with Crippen LogP contribution in [0.1, 0.15) is 35.8 Å². The molecule has 0 fully saturated rings. The van der Waals surface area contributed by atoms with E-state index in [-0.39, 0.29) is 11.9 Å². The van der Waals surface area contributed by atoms with Gasteiger partial charge in [0.1, 0.15) is 0 Å². The third kappa shape index (κ3) is 3.76. The molecule has 8 heteroatoms. The highest BCUT2D eigenvalue weighted by Crippen LogP contribution is 2.29. The summed E-state index contributed by atoms with van der Waals surface area (Å²) in [5.74, 6) is -0.242. The number of fused-ring (bicyclic) bond motifs is 1. The molecular formula is C25H23N7O. The van der Waals surface area contributed by atoms with Crippen LogP contribution in [0.4, 0.5) is 5.69 Å². The number of rotatable bonds is 5. The van der Waals surface area contributed by atoms with Gasteiger partial charge in [-0.2, -0.15) is 5.10 Å². The highest BCUT2D eigenvalue weighted by atomic mass is 16.1. The van der Waals surface area contributed by atoms with Crippen LogP contribution >= 0.6 is 0 Å². The summed E-state index contributed by atoms with van der Waals surface area (Å²) < 4.78 is 3.46. The summed E-state index contributed by atoms with van der Waals surface area (Å²) in [4.78, 5) is 18.5. The Kier molecular flexibility index (Phi) is 5.18. The van der Waals surface area contributed by atoms with Crippen LogP contribution in [0.2, 0.25) is 0 Å². The van der Waals surface area contributed by atoms with Gasteiger partial charge < -0.3 is 5.32 Å². The summed E-state index contributed by atoms with van der Waals surface area (Å²) in [5, 5.41) is 16.2. The molecule has 0 unspecified atom stereocenters. The molecule has 0 bridgehead atoms. The number of nitrogens with zero attached hydrogens (tertiary/aromatic N) is 6. The van der Waals surface area contributed by atoms with Crippen LogP contribution in [0.15, 0.2) is 73.2 Å². The van der Waals surface area contributed by atoms with Gasteiger partial charge in [0.2, 0.25) is 0 Å². The summed E-state index contributed by atoms with van der Waals surface area (Å²) in [6, 6.07) is 17.4. The molecule has 5 aromatic rings. The van der Waals surface area contributed by atoms with E-state index in [1.54, 1.807) is 23.3 Å². The second-order valence-electron chi connectivity index (χ2n) is 8.11. The highest BCUT2D eigenvalue weighted by Gasteiger charge is 2.20. The molecule has 0 saturated carbocycles. The van der Waals surface area contributed by atoms with Crippen LogP contribution in [0.3, 0.4) is 0 Å². The Hall–Kier alpha value is -4.33. The first-order valence-electron chi connectivity index (χ1n) is 10.7. The standard InChI is InChI=1S/C25H23N7O/c1-16(2)32-24-20(15-27-32)19(14-22(28-24)18-9-5-4-8-17(18)3)25(33)29-21-10-6-7-11-23(21)31-13-12-26-30-31/h4-16H,1-3H3,(H,29,33). The number of anilines is 1. The maximum absolute atomic E-state index is 13.6. The predicted molar refractivity (Wildman–Crippen MR) is 127 cm³/mol. The van der Waals surface area contributed by atoms with Crippen molar-refractivity contribution in [3.8, 4) is 16.9 Å². The summed E-state index contributed by atoms with van der Waals surface area (Å²) in [6.45, 7) is 6.13. The Labute approximate surface area is 190 Å². The van der Waals surface area contributed by atoms with Crippen LogP contribution in [-0.2, 0) is 0 Å². The average molecular weight is 438 g/mol. The number of amides is 1. The molecule has 3 heterocycles. The number of hydrogen-bond acceptors (Lipinski definition) is 5. The Balaban J connectivity index is 1.64. The molecule has 0 spiro atoms. The molecule has 0 aliphatic heterocycles. The normalized spacial score (nSPS) is 11.3. The van der Waals surface area contributed by atoms with Gasteiger partial charge in [-0.25, -0.2) is 14.3 Å². The van der Waals surface area contributed by atoms with Crippen molar-refractivity contribution in [3.05, 3.63) is 84.3 Å². The molecular weight excluding hydrogens is 414 g/mol. The van der Waals surface area contributed by atoms with Crippen molar-refractivity contribution in [2.45, 2.75) is 26.8 Å². The fourth-order valence-electron chi connectivity index (χ4n) is 3.89. The first-order valence-corrected chi connectivity index (χ1v) is 10.7. The lowest BCUT2D eigenvalue weighted by Crippen LogP contribution is -2.15. The highest BCUT2D eigenvalue weighted by molar-refractivity contribution is 6.13. The van der Waals surface area contributed by atoms with Gasteiger partial charge in [-0.15, -0.1) is 5.10 Å². The molecule has 1 amide bonds. The van der Waals surface area contributed by atoms with Gasteiger partial charge in [-0.1, -0.05) is 41.6 Å². The number of aryl methyl sites for hydroxylation is 1. The van der Waals surface area contributed by atoms with Crippen molar-refractivity contribution in [2.75, 3.05) is 5.32 Å². The number of benzene rings is 2. The third-order valence-electron chi connectivity index (χ3n) is 5.54. The monoisotopic (exact) mass is 437 g/mol. The molecule has 164 valence electrons. The minimum Gasteiger partial charge on any atom is -0.320 e. The summed E-state index contributed by atoms with van der Waals surface area (Å²) in [6.07, 6.45) is 5.04. The van der Waals surface area contributed by atoms with Crippen LogP contribution in [0.25, 0.3) is 28.0 Å². The minimum atomic E-state index is -0.242. The molecule has 33 heavy (non-hydrogen) atoms. The van der Waals surface area contributed by atoms with Crippen molar-refractivity contribution >= 4 is 22.6 Å². The minimum absolute atomic E-state index is 0.103. The van der Waals surface area contributed by atoms with Crippen molar-refractivity contribution in [2.24, 2.45) is 0 Å². The fraction of sp³-hybridized carbons (Fsp3) is 0.160. The number of nitrogens with one attached hydrogen (secondary N) is 1. The lowest BCUT2D eigenvalue weighted by atomic mass is 10.0. The predicted octanol–water partition coefficient (Wildman–Crippen LogP) is 4.82. The molecule has 0 aliphatic rings. The smallest absolute Gasteiger partial charge is 0.256 e. The Morgan fingerprint density at radius 2 is 1.85 bits per heavy atom. The van der Waals surface area contributed by atoms with E-state index in [9.17, 15) is 4.79 Å². The summed E-state index contributed by atoms with van der Waals surface area (Å²) in [7, 11) is 0. The lowest BCUT2D eigenvalue weighted by Gasteiger charge is -2.13. The molecule has 0 atom stereocenters. The van der Waals surface area contributed by atoms with E-state index in [0.717, 1.165) is 22.5 Å². The van der Waals surface area contributed by atoms with E-state index in [1.807, 2.05) is 80.1 Å². The number of pyridine rings is 1. The number of aromatic nitrogens is 6. The molecule has 0 radical (unpaired) electrons. The van der Waals surface area contributed by atoms with Crippen LogP contribution in [0.5, 0.6) is 0 Å². The molecule has 0 aliphatic carbocycles. The molecule has 8 nitrogen and oxygen atoms in total. The van der Waals surface area contributed by atoms with Gasteiger partial charge >= 0.3 is 0 Å². The number of hydrogen-bond donors (Lipinski definition) is 1. The second kappa shape index (κ2) is 8.31. The Bertz CT molecular complexity index is 1450. The average Bonchev–Trinajstić information content (AvgIpc) is 3.49. The Morgan fingerprint density at radius 3 is 2.61 bits per heavy atom. The van der Waals surface area contributed by atoms with Crippen LogP contribution < -0.4 is 5.32 Å². The number of carbonyl (C=O) groups excluding carboxylic acids is 1. The quantitative estimate of drug-likeness (QED) is 0.426. The van der Waals surface area contributed by atoms with E-state index in [1.165, 1.54) is 0 Å². The topological polar surface area (TPSA) is 90.5 Å². The first kappa shape index (κ1) is 20.6. The maximum atomic E-state index is 13.6. The molecule has 0 saturated heterocycles. The van der Waals surface area contributed by atoms with E-state index in [4.69, 9.17) is 4.98 Å². The fourth-order valence-corrected chi connectivity index (χ4v) is 3.89. The van der Waals surface area contributed by atoms with E-state index in [2.05, 4.69) is 20.7 Å². The second-order valence-corrected chi connectivity index (χ2v) is 8.11. The SMILES string of the molecule is Cc1ccccc1-c1cc(C(=O)Nc2ccccc2-n2ccnn2)c2cnn(C(C)C)c2n1. The van der Waals surface area contributed by atoms with Crippen LogP contribution in [0, 0.1) is 6.92 Å². The van der Waals surface area contributed by atoms with Gasteiger partial charge in [0.25, 0.3) is 5.91 Å². The maximum Gasteiger partial charge on any atom is 0.256 e.